The molecule has 0 fully saturated rings. The van der Waals surface area contributed by atoms with Gasteiger partial charge in [0.15, 0.2) is 6.61 Å². The summed E-state index contributed by atoms with van der Waals surface area (Å²) in [7, 11) is 1.49. The molecule has 0 radical (unpaired) electrons. The van der Waals surface area contributed by atoms with Crippen LogP contribution in [-0.2, 0) is 11.2 Å². The van der Waals surface area contributed by atoms with Crippen LogP contribution in [0.25, 0.3) is 0 Å². The molecule has 138 valence electrons. The number of amides is 1. The van der Waals surface area contributed by atoms with Gasteiger partial charge in [-0.3, -0.25) is 4.79 Å². The Bertz CT molecular complexity index is 801. The van der Waals surface area contributed by atoms with Gasteiger partial charge in [0.1, 0.15) is 11.5 Å². The van der Waals surface area contributed by atoms with Gasteiger partial charge in [-0.25, -0.2) is 4.79 Å². The number of carboxylic acid groups (broad SMARTS) is 1. The van der Waals surface area contributed by atoms with Crippen molar-refractivity contribution < 1.29 is 24.2 Å². The van der Waals surface area contributed by atoms with E-state index in [1.54, 1.807) is 6.07 Å². The maximum atomic E-state index is 12.0. The van der Waals surface area contributed by atoms with Crippen molar-refractivity contribution in [3.05, 3.63) is 58.7 Å². The summed E-state index contributed by atoms with van der Waals surface area (Å²) < 4.78 is 10.8. The number of methoxy groups -OCH3 is 1. The minimum absolute atomic E-state index is 0.0562. The molecule has 6 nitrogen and oxygen atoms in total. The minimum Gasteiger partial charge on any atom is -0.496 e. The zero-order valence-corrected chi connectivity index (χ0v) is 15.2. The largest absolute Gasteiger partial charge is 0.496 e. The van der Waals surface area contributed by atoms with Gasteiger partial charge in [-0.2, -0.15) is 0 Å². The van der Waals surface area contributed by atoms with Crippen molar-refractivity contribution in [2.75, 3.05) is 20.3 Å². The number of carbonyl (C=O) groups is 2. The number of nitrogens with one attached hydrogen (secondary N) is 1. The van der Waals surface area contributed by atoms with Crippen molar-refractivity contribution >= 4 is 11.9 Å². The van der Waals surface area contributed by atoms with Crippen molar-refractivity contribution in [2.45, 2.75) is 20.3 Å². The Morgan fingerprint density at radius 3 is 2.54 bits per heavy atom. The fraction of sp³-hybridized carbons (Fsp3) is 0.300. The predicted octanol–water partition coefficient (Wildman–Crippen LogP) is 2.75. The normalized spacial score (nSPS) is 10.3. The fourth-order valence-electron chi connectivity index (χ4n) is 2.48. The highest BCUT2D eigenvalue weighted by atomic mass is 16.5. The molecule has 2 N–H and O–H groups in total. The molecule has 2 aromatic rings. The lowest BCUT2D eigenvalue weighted by Crippen LogP contribution is -2.30. The lowest BCUT2D eigenvalue weighted by atomic mass is 10.1. The SMILES string of the molecule is COc1cc(C(=O)O)ccc1CCNC(=O)COc1cc(C)ccc1C. The highest BCUT2D eigenvalue weighted by Crippen LogP contribution is 2.21. The minimum atomic E-state index is -1.01. The Hall–Kier alpha value is -3.02. The number of aromatic carboxylic acids is 1. The topological polar surface area (TPSA) is 84.9 Å². The maximum Gasteiger partial charge on any atom is 0.335 e. The van der Waals surface area contributed by atoms with Gasteiger partial charge < -0.3 is 19.9 Å². The molecule has 0 aliphatic heterocycles. The van der Waals surface area contributed by atoms with Gasteiger partial charge in [0.05, 0.1) is 12.7 Å². The van der Waals surface area contributed by atoms with Gasteiger partial charge in [0, 0.05) is 6.54 Å². The molecule has 0 unspecified atom stereocenters. The second-order valence-electron chi connectivity index (χ2n) is 5.99. The van der Waals surface area contributed by atoms with Gasteiger partial charge in [-0.05, 0) is 55.2 Å². The summed E-state index contributed by atoms with van der Waals surface area (Å²) in [5.74, 6) is -0.0318. The second kappa shape index (κ2) is 8.89. The van der Waals surface area contributed by atoms with Crippen molar-refractivity contribution in [2.24, 2.45) is 0 Å². The lowest BCUT2D eigenvalue weighted by molar-refractivity contribution is -0.123. The molecule has 0 saturated heterocycles. The molecule has 0 saturated carbocycles. The summed E-state index contributed by atoms with van der Waals surface area (Å²) in [6.07, 6.45) is 0.526. The van der Waals surface area contributed by atoms with E-state index in [4.69, 9.17) is 14.6 Å². The molecule has 2 rings (SSSR count). The summed E-state index contributed by atoms with van der Waals surface area (Å²) in [6.45, 7) is 4.24. The zero-order chi connectivity index (χ0) is 19.1. The van der Waals surface area contributed by atoms with E-state index in [1.807, 2.05) is 32.0 Å². The van der Waals surface area contributed by atoms with Crippen LogP contribution in [0.2, 0.25) is 0 Å². The smallest absolute Gasteiger partial charge is 0.335 e. The van der Waals surface area contributed by atoms with E-state index >= 15 is 0 Å². The second-order valence-corrected chi connectivity index (χ2v) is 5.99. The third-order valence-corrected chi connectivity index (χ3v) is 3.95. The van der Waals surface area contributed by atoms with Crippen molar-refractivity contribution in [3.8, 4) is 11.5 Å². The third kappa shape index (κ3) is 5.24. The first kappa shape index (κ1) is 19.3. The van der Waals surface area contributed by atoms with E-state index in [-0.39, 0.29) is 18.1 Å². The van der Waals surface area contributed by atoms with Gasteiger partial charge >= 0.3 is 5.97 Å². The van der Waals surface area contributed by atoms with E-state index in [9.17, 15) is 9.59 Å². The molecule has 2 aromatic carbocycles. The van der Waals surface area contributed by atoms with Crippen LogP contribution >= 0.6 is 0 Å². The Labute approximate surface area is 152 Å². The van der Waals surface area contributed by atoms with Crippen molar-refractivity contribution in [1.29, 1.82) is 0 Å². The molecule has 0 spiro atoms. The zero-order valence-electron chi connectivity index (χ0n) is 15.2. The molecule has 26 heavy (non-hydrogen) atoms. The number of hydrogen-bond acceptors (Lipinski definition) is 4. The average Bonchev–Trinajstić information content (AvgIpc) is 2.62. The van der Waals surface area contributed by atoms with Crippen LogP contribution < -0.4 is 14.8 Å². The van der Waals surface area contributed by atoms with E-state index in [1.165, 1.54) is 19.2 Å². The van der Waals surface area contributed by atoms with Crippen LogP contribution in [0.5, 0.6) is 11.5 Å². The summed E-state index contributed by atoms with van der Waals surface area (Å²) in [5.41, 5.74) is 3.04. The molecule has 0 atom stereocenters. The molecule has 0 aliphatic carbocycles. The number of carbonyl (C=O) groups excluding carboxylic acids is 1. The molecular weight excluding hydrogens is 334 g/mol. The van der Waals surface area contributed by atoms with E-state index in [0.29, 0.717) is 24.5 Å². The van der Waals surface area contributed by atoms with Crippen LogP contribution in [0.1, 0.15) is 27.0 Å². The van der Waals surface area contributed by atoms with Crippen molar-refractivity contribution in [3.63, 3.8) is 0 Å². The summed E-state index contributed by atoms with van der Waals surface area (Å²) >= 11 is 0. The van der Waals surface area contributed by atoms with E-state index < -0.39 is 5.97 Å². The molecular formula is C20H23NO5. The summed E-state index contributed by atoms with van der Waals surface area (Å²) in [6, 6.07) is 10.5. The van der Waals surface area contributed by atoms with Crippen LogP contribution in [0.3, 0.4) is 0 Å². The first-order chi connectivity index (χ1) is 12.4. The van der Waals surface area contributed by atoms with Gasteiger partial charge in [-0.15, -0.1) is 0 Å². The number of rotatable bonds is 8. The van der Waals surface area contributed by atoms with E-state index in [2.05, 4.69) is 5.32 Å². The summed E-state index contributed by atoms with van der Waals surface area (Å²) in [5, 5.41) is 11.8. The lowest BCUT2D eigenvalue weighted by Gasteiger charge is -2.12. The van der Waals surface area contributed by atoms with Gasteiger partial charge in [0.25, 0.3) is 5.91 Å². The number of ether oxygens (including phenoxy) is 2. The molecule has 1 amide bonds. The molecule has 0 heterocycles. The standard InChI is InChI=1S/C20H23NO5/c1-13-4-5-14(2)17(10-13)26-12-19(22)21-9-8-15-6-7-16(20(23)24)11-18(15)25-3/h4-7,10-11H,8-9,12H2,1-3H3,(H,21,22)(H,23,24). The third-order valence-electron chi connectivity index (χ3n) is 3.95. The number of hydrogen-bond donors (Lipinski definition) is 2. The average molecular weight is 357 g/mol. The Morgan fingerprint density at radius 1 is 1.08 bits per heavy atom. The molecule has 0 aliphatic rings. The molecule has 6 heteroatoms. The van der Waals surface area contributed by atoms with Crippen LogP contribution in [0.15, 0.2) is 36.4 Å². The van der Waals surface area contributed by atoms with Crippen LogP contribution in [-0.4, -0.2) is 37.2 Å². The van der Waals surface area contributed by atoms with E-state index in [0.717, 1.165) is 16.7 Å². The monoisotopic (exact) mass is 357 g/mol. The van der Waals surface area contributed by atoms with Crippen LogP contribution in [0.4, 0.5) is 0 Å². The Morgan fingerprint density at radius 2 is 1.85 bits per heavy atom. The summed E-state index contributed by atoms with van der Waals surface area (Å²) in [4.78, 5) is 22.9. The number of benzene rings is 2. The van der Waals surface area contributed by atoms with Gasteiger partial charge in [-0.1, -0.05) is 18.2 Å². The quantitative estimate of drug-likeness (QED) is 0.759. The fourth-order valence-corrected chi connectivity index (χ4v) is 2.48. The molecule has 0 bridgehead atoms. The Balaban J connectivity index is 1.84. The first-order valence-electron chi connectivity index (χ1n) is 8.27. The molecule has 0 aromatic heterocycles. The van der Waals surface area contributed by atoms with Gasteiger partial charge in [0.2, 0.25) is 0 Å². The highest BCUT2D eigenvalue weighted by Gasteiger charge is 2.10. The first-order valence-corrected chi connectivity index (χ1v) is 8.27. The van der Waals surface area contributed by atoms with Crippen LogP contribution in [0, 0.1) is 13.8 Å². The highest BCUT2D eigenvalue weighted by molar-refractivity contribution is 5.88. The number of aryl methyl sites for hydroxylation is 2. The number of carboxylic acids is 1. The maximum absolute atomic E-state index is 12.0. The Kier molecular flexibility index (Phi) is 6.60. The van der Waals surface area contributed by atoms with Crippen molar-refractivity contribution in [1.82, 2.24) is 5.32 Å². The predicted molar refractivity (Wildman–Crippen MR) is 98.1 cm³/mol.